The van der Waals surface area contributed by atoms with Gasteiger partial charge in [0.15, 0.2) is 5.65 Å². The van der Waals surface area contributed by atoms with Gasteiger partial charge in [0.2, 0.25) is 0 Å². The van der Waals surface area contributed by atoms with Gasteiger partial charge >= 0.3 is 0 Å². The van der Waals surface area contributed by atoms with E-state index in [4.69, 9.17) is 5.73 Å². The van der Waals surface area contributed by atoms with Crippen molar-refractivity contribution in [3.63, 3.8) is 0 Å². The Balaban J connectivity index is 2.31. The average Bonchev–Trinajstić information content (AvgIpc) is 2.68. The number of nitrogens with two attached hydrogens (primary N) is 1. The third-order valence-electron chi connectivity index (χ3n) is 2.89. The zero-order valence-electron chi connectivity index (χ0n) is 9.72. The summed E-state index contributed by atoms with van der Waals surface area (Å²) in [7, 11) is 0. The number of hydrogen-bond acceptors (Lipinski definition) is 4. The second kappa shape index (κ2) is 4.57. The molecule has 86 valence electrons. The molecule has 1 atom stereocenters. The van der Waals surface area contributed by atoms with Gasteiger partial charge in [-0.1, -0.05) is 13.3 Å². The molecule has 0 aliphatic heterocycles. The van der Waals surface area contributed by atoms with E-state index in [-0.39, 0.29) is 0 Å². The van der Waals surface area contributed by atoms with E-state index in [1.54, 1.807) is 6.33 Å². The minimum Gasteiger partial charge on any atom is -0.330 e. The van der Waals surface area contributed by atoms with E-state index in [1.807, 2.05) is 17.4 Å². The van der Waals surface area contributed by atoms with Crippen LogP contribution in [0.15, 0.2) is 12.4 Å². The molecule has 0 spiro atoms. The van der Waals surface area contributed by atoms with Crippen molar-refractivity contribution in [2.45, 2.75) is 26.7 Å². The first kappa shape index (κ1) is 11.0. The first-order chi connectivity index (χ1) is 7.74. The van der Waals surface area contributed by atoms with E-state index in [2.05, 4.69) is 22.1 Å². The fourth-order valence-electron chi connectivity index (χ4n) is 1.73. The molecule has 2 aromatic heterocycles. The minimum absolute atomic E-state index is 0.466. The SMILES string of the molecule is CCC(CN)Cc1nnc2cc(C)ncn12. The van der Waals surface area contributed by atoms with Crippen molar-refractivity contribution in [2.75, 3.05) is 6.54 Å². The minimum atomic E-state index is 0.466. The van der Waals surface area contributed by atoms with Crippen LogP contribution >= 0.6 is 0 Å². The molecule has 2 aromatic rings. The standard InChI is InChI=1S/C11H17N5/c1-3-9(6-12)5-11-15-14-10-4-8(2)13-7-16(10)11/h4,7,9H,3,5-6,12H2,1-2H3. The number of hydrogen-bond donors (Lipinski definition) is 1. The molecule has 0 radical (unpaired) electrons. The summed E-state index contributed by atoms with van der Waals surface area (Å²) >= 11 is 0. The van der Waals surface area contributed by atoms with Crippen LogP contribution in [-0.4, -0.2) is 26.1 Å². The fraction of sp³-hybridized carbons (Fsp3) is 0.545. The summed E-state index contributed by atoms with van der Waals surface area (Å²) < 4.78 is 1.94. The Kier molecular flexibility index (Phi) is 3.14. The molecule has 0 amide bonds. The van der Waals surface area contributed by atoms with Crippen molar-refractivity contribution >= 4 is 5.65 Å². The van der Waals surface area contributed by atoms with Gasteiger partial charge in [-0.3, -0.25) is 4.40 Å². The largest absolute Gasteiger partial charge is 0.330 e. The van der Waals surface area contributed by atoms with Gasteiger partial charge in [0.1, 0.15) is 12.2 Å². The van der Waals surface area contributed by atoms with Crippen molar-refractivity contribution in [1.29, 1.82) is 0 Å². The van der Waals surface area contributed by atoms with Gasteiger partial charge in [-0.05, 0) is 19.4 Å². The van der Waals surface area contributed by atoms with Crippen LogP contribution in [-0.2, 0) is 6.42 Å². The molecule has 0 saturated heterocycles. The molecular weight excluding hydrogens is 202 g/mol. The Morgan fingerprint density at radius 1 is 1.44 bits per heavy atom. The lowest BCUT2D eigenvalue weighted by atomic mass is 10.0. The van der Waals surface area contributed by atoms with Crippen LogP contribution in [0.2, 0.25) is 0 Å². The number of aromatic nitrogens is 4. The first-order valence-electron chi connectivity index (χ1n) is 5.61. The van der Waals surface area contributed by atoms with Gasteiger partial charge in [-0.2, -0.15) is 0 Å². The monoisotopic (exact) mass is 219 g/mol. The molecule has 16 heavy (non-hydrogen) atoms. The van der Waals surface area contributed by atoms with E-state index in [9.17, 15) is 0 Å². The van der Waals surface area contributed by atoms with Crippen LogP contribution in [0, 0.1) is 12.8 Å². The van der Waals surface area contributed by atoms with Crippen molar-refractivity contribution in [3.8, 4) is 0 Å². The Morgan fingerprint density at radius 3 is 2.94 bits per heavy atom. The number of fused-ring (bicyclic) bond motifs is 1. The summed E-state index contributed by atoms with van der Waals surface area (Å²) in [5.41, 5.74) is 7.51. The maximum absolute atomic E-state index is 5.69. The van der Waals surface area contributed by atoms with Crippen LogP contribution in [0.5, 0.6) is 0 Å². The lowest BCUT2D eigenvalue weighted by Gasteiger charge is -2.09. The van der Waals surface area contributed by atoms with E-state index < -0.39 is 0 Å². The quantitative estimate of drug-likeness (QED) is 0.831. The lowest BCUT2D eigenvalue weighted by Crippen LogP contribution is -2.17. The lowest BCUT2D eigenvalue weighted by molar-refractivity contribution is 0.502. The highest BCUT2D eigenvalue weighted by atomic mass is 15.3. The summed E-state index contributed by atoms with van der Waals surface area (Å²) in [6, 6.07) is 1.93. The summed E-state index contributed by atoms with van der Waals surface area (Å²) in [6.45, 7) is 4.77. The normalized spacial score (nSPS) is 13.2. The Morgan fingerprint density at radius 2 is 2.25 bits per heavy atom. The van der Waals surface area contributed by atoms with Crippen molar-refractivity contribution < 1.29 is 0 Å². The third-order valence-corrected chi connectivity index (χ3v) is 2.89. The van der Waals surface area contributed by atoms with Crippen LogP contribution in [0.4, 0.5) is 0 Å². The molecular formula is C11H17N5. The summed E-state index contributed by atoms with van der Waals surface area (Å²) in [5.74, 6) is 1.41. The number of nitrogens with zero attached hydrogens (tertiary/aromatic N) is 4. The molecule has 0 aliphatic rings. The predicted molar refractivity (Wildman–Crippen MR) is 62.1 cm³/mol. The molecule has 0 bridgehead atoms. The van der Waals surface area contributed by atoms with E-state index in [1.165, 1.54) is 0 Å². The Labute approximate surface area is 94.7 Å². The second-order valence-electron chi connectivity index (χ2n) is 4.09. The van der Waals surface area contributed by atoms with Crippen LogP contribution < -0.4 is 5.73 Å². The molecule has 5 heteroatoms. The highest BCUT2D eigenvalue weighted by Crippen LogP contribution is 2.11. The maximum atomic E-state index is 5.69. The van der Waals surface area contributed by atoms with Gasteiger partial charge in [-0.25, -0.2) is 4.98 Å². The molecule has 2 heterocycles. The zero-order chi connectivity index (χ0) is 11.5. The van der Waals surface area contributed by atoms with Gasteiger partial charge in [-0.15, -0.1) is 10.2 Å². The van der Waals surface area contributed by atoms with E-state index >= 15 is 0 Å². The Bertz CT molecular complexity index is 472. The maximum Gasteiger partial charge on any atom is 0.163 e. The van der Waals surface area contributed by atoms with Gasteiger partial charge < -0.3 is 5.73 Å². The molecule has 2 N–H and O–H groups in total. The smallest absolute Gasteiger partial charge is 0.163 e. The second-order valence-corrected chi connectivity index (χ2v) is 4.09. The third kappa shape index (κ3) is 2.04. The van der Waals surface area contributed by atoms with Gasteiger partial charge in [0.25, 0.3) is 0 Å². The molecule has 0 aliphatic carbocycles. The van der Waals surface area contributed by atoms with Crippen LogP contribution in [0.25, 0.3) is 5.65 Å². The fourth-order valence-corrected chi connectivity index (χ4v) is 1.73. The highest BCUT2D eigenvalue weighted by molar-refractivity contribution is 5.37. The van der Waals surface area contributed by atoms with Crippen molar-refractivity contribution in [3.05, 3.63) is 23.9 Å². The van der Waals surface area contributed by atoms with Crippen molar-refractivity contribution in [2.24, 2.45) is 11.7 Å². The van der Waals surface area contributed by atoms with Gasteiger partial charge in [0, 0.05) is 18.2 Å². The van der Waals surface area contributed by atoms with Crippen LogP contribution in [0.1, 0.15) is 24.9 Å². The summed E-state index contributed by atoms with van der Waals surface area (Å²) in [5, 5.41) is 8.32. The van der Waals surface area contributed by atoms with Crippen LogP contribution in [0.3, 0.4) is 0 Å². The number of aryl methyl sites for hydroxylation is 1. The number of rotatable bonds is 4. The van der Waals surface area contributed by atoms with Crippen molar-refractivity contribution in [1.82, 2.24) is 19.6 Å². The van der Waals surface area contributed by atoms with Gasteiger partial charge in [0.05, 0.1) is 0 Å². The molecule has 1 unspecified atom stereocenters. The average molecular weight is 219 g/mol. The first-order valence-corrected chi connectivity index (χ1v) is 5.61. The van der Waals surface area contributed by atoms with E-state index in [0.717, 1.165) is 30.0 Å². The topological polar surface area (TPSA) is 69.1 Å². The molecule has 5 nitrogen and oxygen atoms in total. The summed E-state index contributed by atoms with van der Waals surface area (Å²) in [6.07, 6.45) is 3.70. The van der Waals surface area contributed by atoms with E-state index in [0.29, 0.717) is 12.5 Å². The highest BCUT2D eigenvalue weighted by Gasteiger charge is 2.11. The molecule has 2 rings (SSSR count). The zero-order valence-corrected chi connectivity index (χ0v) is 9.72. The predicted octanol–water partition coefficient (Wildman–Crippen LogP) is 0.960. The molecule has 0 fully saturated rings. The molecule has 0 saturated carbocycles. The molecule has 0 aromatic carbocycles. The summed E-state index contributed by atoms with van der Waals surface area (Å²) in [4.78, 5) is 4.25. The Hall–Kier alpha value is -1.49.